The van der Waals surface area contributed by atoms with Crippen LogP contribution in [0.5, 0.6) is 0 Å². The van der Waals surface area contributed by atoms with E-state index in [1.54, 1.807) is 57.8 Å². The molecule has 1 spiro atoms. The first-order valence-electron chi connectivity index (χ1n) is 12.8. The number of hydrogen-bond acceptors (Lipinski definition) is 0. The molecule has 0 nitrogen and oxygen atoms in total. The zero-order chi connectivity index (χ0) is 19.0. The van der Waals surface area contributed by atoms with Gasteiger partial charge in [-0.15, -0.1) is 0 Å². The molecule has 0 N–H and O–H groups in total. The summed E-state index contributed by atoms with van der Waals surface area (Å²) in [6.45, 7) is 12.9. The van der Waals surface area contributed by atoms with E-state index >= 15 is 0 Å². The Kier molecular flexibility index (Phi) is 4.39. The van der Waals surface area contributed by atoms with Crippen molar-refractivity contribution in [3.05, 3.63) is 0 Å². The summed E-state index contributed by atoms with van der Waals surface area (Å²) in [4.78, 5) is 0. The van der Waals surface area contributed by atoms with Crippen molar-refractivity contribution in [2.24, 2.45) is 57.7 Å². The Morgan fingerprint density at radius 2 is 1.63 bits per heavy atom. The van der Waals surface area contributed by atoms with E-state index in [1.165, 1.54) is 19.3 Å². The van der Waals surface area contributed by atoms with Crippen LogP contribution in [0.1, 0.15) is 112 Å². The first-order chi connectivity index (χ1) is 12.8. The monoisotopic (exact) mass is 370 g/mol. The SMILES string of the molecule is CC(C)CCC[C@@H](C)[C@H]1CC[C@H]2[C@@H]3CC[C@]45C[C@H]4CC[C@]5(C)[C@H]3CC[C@]12C. The predicted molar refractivity (Wildman–Crippen MR) is 116 cm³/mol. The zero-order valence-corrected chi connectivity index (χ0v) is 19.0. The third kappa shape index (κ3) is 2.53. The first-order valence-corrected chi connectivity index (χ1v) is 12.8. The average Bonchev–Trinajstić information content (AvgIpc) is 3.09. The number of rotatable bonds is 5. The van der Waals surface area contributed by atoms with Crippen LogP contribution in [0.2, 0.25) is 0 Å². The summed E-state index contributed by atoms with van der Waals surface area (Å²) < 4.78 is 0. The Balaban J connectivity index is 1.31. The van der Waals surface area contributed by atoms with Crippen LogP contribution in [0.4, 0.5) is 0 Å². The third-order valence-electron chi connectivity index (χ3n) is 11.8. The molecule has 0 aromatic rings. The lowest BCUT2D eigenvalue weighted by Crippen LogP contribution is -2.52. The van der Waals surface area contributed by atoms with Crippen LogP contribution in [0.25, 0.3) is 0 Å². The standard InChI is InChI=1S/C27H46/c1-18(2)7-6-8-19(3)22-9-10-23-21-12-16-27-17-20(27)11-15-26(27,5)24(21)13-14-25(22,23)4/h18-24H,6-17H2,1-5H3/t19-,20-,21+,22-,23+,24+,25-,26-,27+/m1/s1. The molecular weight excluding hydrogens is 324 g/mol. The Morgan fingerprint density at radius 1 is 0.815 bits per heavy atom. The van der Waals surface area contributed by atoms with Crippen molar-refractivity contribution in [3.63, 3.8) is 0 Å². The molecular formula is C27H46. The topological polar surface area (TPSA) is 0 Å². The van der Waals surface area contributed by atoms with Crippen molar-refractivity contribution in [3.8, 4) is 0 Å². The summed E-state index contributed by atoms with van der Waals surface area (Å²) >= 11 is 0. The molecule has 0 radical (unpaired) electrons. The summed E-state index contributed by atoms with van der Waals surface area (Å²) in [5.41, 5.74) is 2.26. The molecule has 5 aliphatic carbocycles. The Labute approximate surface area is 169 Å². The lowest BCUT2D eigenvalue weighted by molar-refractivity contribution is -0.104. The third-order valence-corrected chi connectivity index (χ3v) is 11.8. The van der Waals surface area contributed by atoms with Crippen LogP contribution in [-0.2, 0) is 0 Å². The van der Waals surface area contributed by atoms with Crippen LogP contribution >= 0.6 is 0 Å². The summed E-state index contributed by atoms with van der Waals surface area (Å²) in [6, 6.07) is 0. The summed E-state index contributed by atoms with van der Waals surface area (Å²) in [5, 5.41) is 0. The largest absolute Gasteiger partial charge is 0.0628 e. The van der Waals surface area contributed by atoms with Gasteiger partial charge in [-0.25, -0.2) is 0 Å². The van der Waals surface area contributed by atoms with E-state index in [0.717, 1.165) is 52.3 Å². The van der Waals surface area contributed by atoms with Gasteiger partial charge in [0, 0.05) is 0 Å². The maximum absolute atomic E-state index is 2.76. The molecule has 0 unspecified atom stereocenters. The number of hydrogen-bond donors (Lipinski definition) is 0. The van der Waals surface area contributed by atoms with E-state index in [0.29, 0.717) is 5.41 Å². The van der Waals surface area contributed by atoms with Gasteiger partial charge in [-0.05, 0) is 115 Å². The van der Waals surface area contributed by atoms with Gasteiger partial charge >= 0.3 is 0 Å². The minimum Gasteiger partial charge on any atom is -0.0628 e. The summed E-state index contributed by atoms with van der Waals surface area (Å²) in [7, 11) is 0. The normalized spacial score (nSPS) is 54.2. The Hall–Kier alpha value is 0. The second kappa shape index (κ2) is 6.25. The highest BCUT2D eigenvalue weighted by Crippen LogP contribution is 2.81. The molecule has 27 heavy (non-hydrogen) atoms. The van der Waals surface area contributed by atoms with Crippen molar-refractivity contribution in [1.29, 1.82) is 0 Å². The van der Waals surface area contributed by atoms with E-state index in [4.69, 9.17) is 0 Å². The van der Waals surface area contributed by atoms with Gasteiger partial charge in [-0.1, -0.05) is 53.9 Å². The molecule has 5 rings (SSSR count). The highest BCUT2D eigenvalue weighted by Gasteiger charge is 2.73. The van der Waals surface area contributed by atoms with E-state index in [1.807, 2.05) is 0 Å². The van der Waals surface area contributed by atoms with Crippen molar-refractivity contribution >= 4 is 0 Å². The van der Waals surface area contributed by atoms with E-state index < -0.39 is 0 Å². The van der Waals surface area contributed by atoms with Crippen LogP contribution in [-0.4, -0.2) is 0 Å². The molecule has 9 atom stereocenters. The van der Waals surface area contributed by atoms with Gasteiger partial charge < -0.3 is 0 Å². The van der Waals surface area contributed by atoms with Crippen molar-refractivity contribution < 1.29 is 0 Å². The molecule has 5 saturated carbocycles. The first kappa shape index (κ1) is 19.0. The molecule has 154 valence electrons. The smallest absolute Gasteiger partial charge is 0.0209 e. The van der Waals surface area contributed by atoms with Crippen molar-refractivity contribution in [2.75, 3.05) is 0 Å². The molecule has 0 aliphatic heterocycles. The lowest BCUT2D eigenvalue weighted by atomic mass is 9.46. The van der Waals surface area contributed by atoms with Gasteiger partial charge in [0.15, 0.2) is 0 Å². The van der Waals surface area contributed by atoms with Gasteiger partial charge in [-0.2, -0.15) is 0 Å². The molecule has 0 bridgehead atoms. The molecule has 0 amide bonds. The quantitative estimate of drug-likeness (QED) is 0.458. The highest BCUT2D eigenvalue weighted by atomic mass is 14.8. The molecule has 5 fully saturated rings. The fourth-order valence-corrected chi connectivity index (χ4v) is 10.3. The zero-order valence-electron chi connectivity index (χ0n) is 19.0. The number of fused-ring (bicyclic) bond motifs is 4. The molecule has 0 heteroatoms. The Morgan fingerprint density at radius 3 is 2.37 bits per heavy atom. The predicted octanol–water partition coefficient (Wildman–Crippen LogP) is 8.11. The van der Waals surface area contributed by atoms with Crippen molar-refractivity contribution in [1.82, 2.24) is 0 Å². The van der Waals surface area contributed by atoms with Gasteiger partial charge in [0.05, 0.1) is 0 Å². The minimum atomic E-state index is 0.681. The van der Waals surface area contributed by atoms with Gasteiger partial charge in [-0.3, -0.25) is 0 Å². The van der Waals surface area contributed by atoms with Crippen LogP contribution in [0, 0.1) is 57.7 Å². The average molecular weight is 371 g/mol. The second-order valence-electron chi connectivity index (χ2n) is 13.0. The van der Waals surface area contributed by atoms with Crippen LogP contribution in [0.3, 0.4) is 0 Å². The minimum absolute atomic E-state index is 0.681. The summed E-state index contributed by atoms with van der Waals surface area (Å²) in [6.07, 6.45) is 18.6. The molecule has 5 aliphatic rings. The van der Waals surface area contributed by atoms with Gasteiger partial charge in [0.25, 0.3) is 0 Å². The fraction of sp³-hybridized carbons (Fsp3) is 1.00. The maximum Gasteiger partial charge on any atom is -0.0209 e. The van der Waals surface area contributed by atoms with Crippen LogP contribution < -0.4 is 0 Å². The maximum atomic E-state index is 2.76. The molecule has 0 aromatic carbocycles. The second-order valence-corrected chi connectivity index (χ2v) is 13.0. The van der Waals surface area contributed by atoms with E-state index in [2.05, 4.69) is 34.6 Å². The lowest BCUT2D eigenvalue weighted by Gasteiger charge is -2.59. The Bertz CT molecular complexity index is 577. The highest BCUT2D eigenvalue weighted by molar-refractivity contribution is 5.22. The molecule has 0 aromatic heterocycles. The molecule has 0 saturated heterocycles. The van der Waals surface area contributed by atoms with Crippen LogP contribution in [0.15, 0.2) is 0 Å². The van der Waals surface area contributed by atoms with Gasteiger partial charge in [0.1, 0.15) is 0 Å². The van der Waals surface area contributed by atoms with Gasteiger partial charge in [0.2, 0.25) is 0 Å². The van der Waals surface area contributed by atoms with E-state index in [-0.39, 0.29) is 0 Å². The van der Waals surface area contributed by atoms with E-state index in [9.17, 15) is 0 Å². The summed E-state index contributed by atoms with van der Waals surface area (Å²) in [5.74, 6) is 7.26. The van der Waals surface area contributed by atoms with Crippen molar-refractivity contribution in [2.45, 2.75) is 112 Å². The molecule has 0 heterocycles. The fourth-order valence-electron chi connectivity index (χ4n) is 10.3.